The Kier molecular flexibility index (Phi) is 8.02. The van der Waals surface area contributed by atoms with E-state index in [1.165, 1.54) is 5.92 Å². The Morgan fingerprint density at radius 1 is 0.744 bits per heavy atom. The highest BCUT2D eigenvalue weighted by molar-refractivity contribution is 5.89. The van der Waals surface area contributed by atoms with Gasteiger partial charge in [-0.25, -0.2) is 22.0 Å². The van der Waals surface area contributed by atoms with Gasteiger partial charge in [0, 0.05) is 28.5 Å². The maximum atomic E-state index is 15.0. The minimum Gasteiger partial charge on any atom is -0.429 e. The van der Waals surface area contributed by atoms with E-state index in [0.29, 0.717) is 30.7 Å². The van der Waals surface area contributed by atoms with Crippen LogP contribution in [0.2, 0.25) is 0 Å². The molecular formula is C30H16F10O3. The molecule has 13 heteroatoms. The van der Waals surface area contributed by atoms with E-state index in [1.807, 2.05) is 0 Å². The second-order valence-corrected chi connectivity index (χ2v) is 9.28. The molecule has 43 heavy (non-hydrogen) atoms. The molecule has 0 aliphatic carbocycles. The van der Waals surface area contributed by atoms with Gasteiger partial charge in [0.2, 0.25) is 0 Å². The molecule has 1 heterocycles. The molecule has 0 N–H and O–H groups in total. The van der Waals surface area contributed by atoms with Crippen molar-refractivity contribution >= 4 is 10.8 Å². The Bertz CT molecular complexity index is 1740. The molecule has 1 saturated heterocycles. The van der Waals surface area contributed by atoms with E-state index < -0.39 is 64.5 Å². The lowest BCUT2D eigenvalue weighted by Gasteiger charge is -2.25. The molecule has 1 aliphatic rings. The highest BCUT2D eigenvalue weighted by Gasteiger charge is 2.42. The first-order chi connectivity index (χ1) is 20.2. The Morgan fingerprint density at radius 2 is 1.42 bits per heavy atom. The van der Waals surface area contributed by atoms with Crippen LogP contribution in [0.3, 0.4) is 0 Å². The van der Waals surface area contributed by atoms with Gasteiger partial charge < -0.3 is 14.2 Å². The third-order valence-electron chi connectivity index (χ3n) is 6.31. The van der Waals surface area contributed by atoms with Crippen molar-refractivity contribution in [2.24, 2.45) is 0 Å². The third kappa shape index (κ3) is 6.40. The molecule has 4 aromatic rings. The fourth-order valence-electron chi connectivity index (χ4n) is 4.43. The van der Waals surface area contributed by atoms with Gasteiger partial charge in [-0.3, -0.25) is 0 Å². The fraction of sp³-hybridized carbons (Fsp3) is 0.200. The van der Waals surface area contributed by atoms with E-state index in [2.05, 4.69) is 4.74 Å². The van der Waals surface area contributed by atoms with Crippen LogP contribution < -0.4 is 4.74 Å². The number of ether oxygens (including phenoxy) is 3. The van der Waals surface area contributed by atoms with Crippen molar-refractivity contribution in [1.82, 2.24) is 0 Å². The third-order valence-corrected chi connectivity index (χ3v) is 6.31. The maximum Gasteiger partial charge on any atom is 0.458 e. The number of halogens is 10. The van der Waals surface area contributed by atoms with Crippen LogP contribution in [0, 0.1) is 40.9 Å². The van der Waals surface area contributed by atoms with Crippen LogP contribution in [-0.2, 0) is 15.6 Å². The van der Waals surface area contributed by atoms with Gasteiger partial charge in [0.05, 0.1) is 18.8 Å². The molecule has 224 valence electrons. The number of hydrogen-bond acceptors (Lipinski definition) is 3. The van der Waals surface area contributed by atoms with Crippen molar-refractivity contribution in [3.8, 4) is 28.7 Å². The van der Waals surface area contributed by atoms with E-state index in [-0.39, 0.29) is 40.7 Å². The predicted octanol–water partition coefficient (Wildman–Crippen LogP) is 8.68. The first-order valence-corrected chi connectivity index (χ1v) is 12.3. The lowest BCUT2D eigenvalue weighted by molar-refractivity contribution is -0.191. The zero-order valence-electron chi connectivity index (χ0n) is 21.4. The van der Waals surface area contributed by atoms with Gasteiger partial charge in [0.15, 0.2) is 6.29 Å². The average Bonchev–Trinajstić information content (AvgIpc) is 2.92. The van der Waals surface area contributed by atoms with E-state index in [4.69, 9.17) is 9.47 Å². The first kappa shape index (κ1) is 30.2. The fourth-order valence-corrected chi connectivity index (χ4v) is 4.43. The molecule has 0 atom stereocenters. The Hall–Kier alpha value is -4.28. The van der Waals surface area contributed by atoms with Gasteiger partial charge in [-0.15, -0.1) is 0 Å². The van der Waals surface area contributed by atoms with Crippen molar-refractivity contribution in [2.75, 3.05) is 13.2 Å². The van der Waals surface area contributed by atoms with Gasteiger partial charge in [-0.2, -0.15) is 22.0 Å². The van der Waals surface area contributed by atoms with Crippen LogP contribution >= 0.6 is 0 Å². The monoisotopic (exact) mass is 614 g/mol. The summed E-state index contributed by atoms with van der Waals surface area (Å²) in [5.41, 5.74) is -3.23. The first-order valence-electron chi connectivity index (χ1n) is 12.3. The molecule has 1 fully saturated rings. The molecule has 1 aliphatic heterocycles. The summed E-state index contributed by atoms with van der Waals surface area (Å²) in [5.74, 6) is -5.82. The van der Waals surface area contributed by atoms with Gasteiger partial charge >= 0.3 is 12.3 Å². The minimum atomic E-state index is -4.98. The highest BCUT2D eigenvalue weighted by atomic mass is 19.4. The molecule has 4 aromatic carbocycles. The molecule has 0 bridgehead atoms. The van der Waals surface area contributed by atoms with Crippen molar-refractivity contribution < 1.29 is 58.1 Å². The molecule has 3 nitrogen and oxygen atoms in total. The molecule has 0 saturated carbocycles. The lowest BCUT2D eigenvalue weighted by atomic mass is 9.98. The number of hydrogen-bond donors (Lipinski definition) is 0. The van der Waals surface area contributed by atoms with E-state index in [0.717, 1.165) is 36.3 Å². The molecule has 0 amide bonds. The van der Waals surface area contributed by atoms with Crippen molar-refractivity contribution in [3.05, 3.63) is 100 Å². The van der Waals surface area contributed by atoms with E-state index >= 15 is 0 Å². The van der Waals surface area contributed by atoms with Crippen LogP contribution in [-0.4, -0.2) is 19.4 Å². The molecule has 5 rings (SSSR count). The second kappa shape index (κ2) is 11.4. The molecule has 0 spiro atoms. The van der Waals surface area contributed by atoms with E-state index in [9.17, 15) is 43.9 Å². The van der Waals surface area contributed by atoms with Gasteiger partial charge in [0.25, 0.3) is 0 Å². The van der Waals surface area contributed by atoms with Crippen LogP contribution in [0.15, 0.2) is 54.6 Å². The summed E-state index contributed by atoms with van der Waals surface area (Å²) in [4.78, 5) is 0. The standard InChI is InChI=1S/C30H16F10O3/c31-22-11-16-10-15(2-4-20(16)27(35)21(22)6-7-29(36,37)38)19-5-3-18(14-23(19)32)43-30(39,40)26-24(33)12-17(13-25(26)34)28-41-8-1-9-42-28/h2-5,10-14,28H,1,8-9H2. The van der Waals surface area contributed by atoms with Crippen molar-refractivity contribution in [2.45, 2.75) is 25.0 Å². The highest BCUT2D eigenvalue weighted by Crippen LogP contribution is 2.38. The quantitative estimate of drug-likeness (QED) is 0.166. The smallest absolute Gasteiger partial charge is 0.429 e. The number of fused-ring (bicyclic) bond motifs is 1. The summed E-state index contributed by atoms with van der Waals surface area (Å²) in [7, 11) is 0. The van der Waals surface area contributed by atoms with Gasteiger partial charge in [0.1, 0.15) is 40.4 Å². The largest absolute Gasteiger partial charge is 0.458 e. The van der Waals surface area contributed by atoms with Crippen molar-refractivity contribution in [3.63, 3.8) is 0 Å². The summed E-state index contributed by atoms with van der Waals surface area (Å²) in [5, 5.41) is -0.469. The zero-order chi connectivity index (χ0) is 31.1. The average molecular weight is 614 g/mol. The predicted molar refractivity (Wildman–Crippen MR) is 132 cm³/mol. The normalized spacial score (nSPS) is 14.5. The Balaban J connectivity index is 1.41. The molecule has 0 radical (unpaired) electrons. The van der Waals surface area contributed by atoms with Gasteiger partial charge in [-0.05, 0) is 53.8 Å². The molecular weight excluding hydrogens is 598 g/mol. The topological polar surface area (TPSA) is 27.7 Å². The van der Waals surface area contributed by atoms with Crippen LogP contribution in [0.1, 0.15) is 29.4 Å². The van der Waals surface area contributed by atoms with Crippen LogP contribution in [0.5, 0.6) is 5.75 Å². The zero-order valence-corrected chi connectivity index (χ0v) is 21.4. The van der Waals surface area contributed by atoms with E-state index in [1.54, 1.807) is 0 Å². The second-order valence-electron chi connectivity index (χ2n) is 9.28. The summed E-state index contributed by atoms with van der Waals surface area (Å²) in [6.07, 6.45) is -10.2. The van der Waals surface area contributed by atoms with Crippen molar-refractivity contribution in [1.29, 1.82) is 0 Å². The number of rotatable bonds is 5. The van der Waals surface area contributed by atoms with Crippen LogP contribution in [0.4, 0.5) is 43.9 Å². The number of benzene rings is 4. The Labute approximate surface area is 236 Å². The maximum absolute atomic E-state index is 15.0. The van der Waals surface area contributed by atoms with Crippen LogP contribution in [0.25, 0.3) is 21.9 Å². The Morgan fingerprint density at radius 3 is 2.05 bits per heavy atom. The molecule has 0 aromatic heterocycles. The molecule has 0 unspecified atom stereocenters. The summed E-state index contributed by atoms with van der Waals surface area (Å²) in [6, 6.07) is 7.63. The lowest BCUT2D eigenvalue weighted by Crippen LogP contribution is -2.26. The minimum absolute atomic E-state index is 0.0102. The summed E-state index contributed by atoms with van der Waals surface area (Å²) < 4.78 is 155. The summed E-state index contributed by atoms with van der Waals surface area (Å²) >= 11 is 0. The SMILES string of the molecule is Fc1cc(OC(F)(F)c2c(F)cc(C3OCCCO3)cc2F)ccc1-c1ccc2c(F)c(C#CC(F)(F)F)c(F)cc2c1. The van der Waals surface area contributed by atoms with Gasteiger partial charge in [-0.1, -0.05) is 18.1 Å². The summed E-state index contributed by atoms with van der Waals surface area (Å²) in [6.45, 7) is 0.482. The number of alkyl halides is 5.